The number of benzene rings is 1. The molecule has 0 aliphatic rings. The quantitative estimate of drug-likeness (QED) is 0.627. The molecule has 0 aliphatic heterocycles. The lowest BCUT2D eigenvalue weighted by atomic mass is 10.2. The van der Waals surface area contributed by atoms with Crippen LogP contribution < -0.4 is 5.56 Å². The summed E-state index contributed by atoms with van der Waals surface area (Å²) in [6.45, 7) is 0. The van der Waals surface area contributed by atoms with Crippen LogP contribution in [0.1, 0.15) is 0 Å². The van der Waals surface area contributed by atoms with E-state index in [1.54, 1.807) is 16.6 Å². The lowest BCUT2D eigenvalue weighted by molar-refractivity contribution is 0.914. The summed E-state index contributed by atoms with van der Waals surface area (Å²) >= 11 is 5.87. The van der Waals surface area contributed by atoms with Crippen molar-refractivity contribution in [3.05, 3.63) is 46.0 Å². The number of halogens is 1. The van der Waals surface area contributed by atoms with Gasteiger partial charge in [-0.2, -0.15) is 5.10 Å². The molecule has 0 radical (unpaired) electrons. The van der Waals surface area contributed by atoms with Gasteiger partial charge in [-0.25, -0.2) is 4.52 Å². The Morgan fingerprint density at radius 1 is 1.27 bits per heavy atom. The second-order valence-electron chi connectivity index (χ2n) is 3.26. The molecule has 0 saturated carbocycles. The molecule has 0 atom stereocenters. The minimum Gasteiger partial charge on any atom is -0.310 e. The van der Waals surface area contributed by atoms with Gasteiger partial charge in [0.2, 0.25) is 0 Å². The van der Waals surface area contributed by atoms with E-state index in [4.69, 9.17) is 11.6 Å². The smallest absolute Gasteiger partial charge is 0.275 e. The van der Waals surface area contributed by atoms with Gasteiger partial charge in [-0.1, -0.05) is 11.6 Å². The average molecular weight is 220 g/mol. The van der Waals surface area contributed by atoms with Crippen molar-refractivity contribution < 1.29 is 0 Å². The van der Waals surface area contributed by atoms with E-state index in [0.717, 1.165) is 10.9 Å². The summed E-state index contributed by atoms with van der Waals surface area (Å²) < 4.78 is 1.60. The molecule has 15 heavy (non-hydrogen) atoms. The van der Waals surface area contributed by atoms with Gasteiger partial charge >= 0.3 is 0 Å². The monoisotopic (exact) mass is 219 g/mol. The highest BCUT2D eigenvalue weighted by Gasteiger charge is 2.05. The van der Waals surface area contributed by atoms with E-state index in [9.17, 15) is 4.79 Å². The van der Waals surface area contributed by atoms with Gasteiger partial charge < -0.3 is 4.98 Å². The molecule has 0 spiro atoms. The van der Waals surface area contributed by atoms with Crippen LogP contribution >= 0.6 is 11.6 Å². The SMILES string of the molecule is O=c1[nH]cnn2c1cc1cc(Cl)ccc12. The fourth-order valence-electron chi connectivity index (χ4n) is 1.68. The summed E-state index contributed by atoms with van der Waals surface area (Å²) in [5.74, 6) is 0. The second-order valence-corrected chi connectivity index (χ2v) is 3.70. The summed E-state index contributed by atoms with van der Waals surface area (Å²) in [5.41, 5.74) is 1.24. The number of nitrogens with zero attached hydrogens (tertiary/aromatic N) is 2. The fraction of sp³-hybridized carbons (Fsp3) is 0. The van der Waals surface area contributed by atoms with E-state index in [1.807, 2.05) is 12.1 Å². The van der Waals surface area contributed by atoms with Crippen molar-refractivity contribution in [2.75, 3.05) is 0 Å². The summed E-state index contributed by atoms with van der Waals surface area (Å²) in [6.07, 6.45) is 1.38. The number of rotatable bonds is 0. The standard InChI is InChI=1S/C10H6ClN3O/c11-7-1-2-8-6(3-7)4-9-10(15)12-5-13-14(8)9/h1-5H,(H,12,13,15). The summed E-state index contributed by atoms with van der Waals surface area (Å²) in [4.78, 5) is 14.0. The molecular formula is C10H6ClN3O. The highest BCUT2D eigenvalue weighted by atomic mass is 35.5. The van der Waals surface area contributed by atoms with E-state index in [1.165, 1.54) is 6.33 Å². The number of hydrogen-bond donors (Lipinski definition) is 1. The van der Waals surface area contributed by atoms with E-state index in [-0.39, 0.29) is 5.56 Å². The molecule has 5 heteroatoms. The van der Waals surface area contributed by atoms with Crippen molar-refractivity contribution in [1.82, 2.24) is 14.6 Å². The van der Waals surface area contributed by atoms with Crippen LogP contribution in [-0.2, 0) is 0 Å². The van der Waals surface area contributed by atoms with Crippen molar-refractivity contribution >= 4 is 28.0 Å². The third kappa shape index (κ3) is 1.15. The van der Waals surface area contributed by atoms with Gasteiger partial charge in [0.05, 0.1) is 5.52 Å². The van der Waals surface area contributed by atoms with Gasteiger partial charge in [-0.3, -0.25) is 4.79 Å². The van der Waals surface area contributed by atoms with Gasteiger partial charge in [0, 0.05) is 10.4 Å². The van der Waals surface area contributed by atoms with Gasteiger partial charge in [0.25, 0.3) is 5.56 Å². The first-order chi connectivity index (χ1) is 7.25. The first-order valence-electron chi connectivity index (χ1n) is 4.40. The van der Waals surface area contributed by atoms with Crippen molar-refractivity contribution in [1.29, 1.82) is 0 Å². The van der Waals surface area contributed by atoms with Gasteiger partial charge in [0.1, 0.15) is 11.8 Å². The minimum atomic E-state index is -0.155. The molecule has 0 saturated heterocycles. The lowest BCUT2D eigenvalue weighted by Crippen LogP contribution is -2.09. The van der Waals surface area contributed by atoms with Crippen LogP contribution in [0.5, 0.6) is 0 Å². The zero-order valence-electron chi connectivity index (χ0n) is 7.57. The Morgan fingerprint density at radius 3 is 3.00 bits per heavy atom. The number of nitrogens with one attached hydrogen (secondary N) is 1. The Labute approximate surface area is 89.1 Å². The van der Waals surface area contributed by atoms with Crippen LogP contribution in [0.4, 0.5) is 0 Å². The predicted molar refractivity (Wildman–Crippen MR) is 58.3 cm³/mol. The number of hydrogen-bond acceptors (Lipinski definition) is 2. The van der Waals surface area contributed by atoms with E-state index >= 15 is 0 Å². The zero-order chi connectivity index (χ0) is 10.4. The minimum absolute atomic E-state index is 0.155. The van der Waals surface area contributed by atoms with Crippen LogP contribution in [-0.4, -0.2) is 14.6 Å². The van der Waals surface area contributed by atoms with Crippen LogP contribution in [0.15, 0.2) is 35.4 Å². The molecule has 0 fully saturated rings. The molecule has 0 unspecified atom stereocenters. The maximum atomic E-state index is 11.5. The van der Waals surface area contributed by atoms with Gasteiger partial charge in [-0.05, 0) is 24.3 Å². The molecule has 74 valence electrons. The van der Waals surface area contributed by atoms with Crippen LogP contribution in [0.2, 0.25) is 5.02 Å². The molecule has 1 aromatic carbocycles. The summed E-state index contributed by atoms with van der Waals surface area (Å²) in [5, 5.41) is 5.63. The molecule has 2 aromatic heterocycles. The van der Waals surface area contributed by atoms with Crippen molar-refractivity contribution in [2.45, 2.75) is 0 Å². The highest BCUT2D eigenvalue weighted by molar-refractivity contribution is 6.31. The molecule has 1 N–H and O–H groups in total. The number of aromatic amines is 1. The largest absolute Gasteiger partial charge is 0.310 e. The maximum absolute atomic E-state index is 11.5. The van der Waals surface area contributed by atoms with E-state index < -0.39 is 0 Å². The number of aromatic nitrogens is 3. The Hall–Kier alpha value is -1.81. The van der Waals surface area contributed by atoms with Crippen LogP contribution in [0, 0.1) is 0 Å². The molecule has 0 aliphatic carbocycles. The average Bonchev–Trinajstić information content (AvgIpc) is 2.57. The predicted octanol–water partition coefficient (Wildman–Crippen LogP) is 1.83. The first-order valence-corrected chi connectivity index (χ1v) is 4.78. The van der Waals surface area contributed by atoms with Gasteiger partial charge in [0.15, 0.2) is 0 Å². The second kappa shape index (κ2) is 2.84. The van der Waals surface area contributed by atoms with Crippen LogP contribution in [0.3, 0.4) is 0 Å². The van der Waals surface area contributed by atoms with Crippen molar-refractivity contribution in [3.8, 4) is 0 Å². The Morgan fingerprint density at radius 2 is 2.13 bits per heavy atom. The Kier molecular flexibility index (Phi) is 1.61. The van der Waals surface area contributed by atoms with Crippen LogP contribution in [0.25, 0.3) is 16.4 Å². The third-order valence-corrected chi connectivity index (χ3v) is 2.57. The molecule has 0 amide bonds. The normalized spacial score (nSPS) is 11.3. The first kappa shape index (κ1) is 8.49. The van der Waals surface area contributed by atoms with Crippen molar-refractivity contribution in [2.24, 2.45) is 0 Å². The van der Waals surface area contributed by atoms with Gasteiger partial charge in [-0.15, -0.1) is 0 Å². The lowest BCUT2D eigenvalue weighted by Gasteiger charge is -1.94. The topological polar surface area (TPSA) is 50.2 Å². The molecule has 3 aromatic rings. The van der Waals surface area contributed by atoms with E-state index in [0.29, 0.717) is 10.5 Å². The van der Waals surface area contributed by atoms with Crippen molar-refractivity contribution in [3.63, 3.8) is 0 Å². The Balaban J connectivity index is 2.63. The number of H-pyrrole nitrogens is 1. The molecule has 3 rings (SSSR count). The molecule has 4 nitrogen and oxygen atoms in total. The summed E-state index contributed by atoms with van der Waals surface area (Å²) in [7, 11) is 0. The Bertz CT molecular complexity index is 713. The highest BCUT2D eigenvalue weighted by Crippen LogP contribution is 2.20. The number of fused-ring (bicyclic) bond motifs is 3. The summed E-state index contributed by atoms with van der Waals surface area (Å²) in [6, 6.07) is 7.20. The van der Waals surface area contributed by atoms with E-state index in [2.05, 4.69) is 10.1 Å². The molecular weight excluding hydrogens is 214 g/mol. The third-order valence-electron chi connectivity index (χ3n) is 2.34. The maximum Gasteiger partial charge on any atom is 0.275 e. The molecule has 2 heterocycles. The fourth-order valence-corrected chi connectivity index (χ4v) is 1.86. The molecule has 0 bridgehead atoms. The zero-order valence-corrected chi connectivity index (χ0v) is 8.32.